The molecule has 1 aliphatic carbocycles. The van der Waals surface area contributed by atoms with Gasteiger partial charge in [-0.05, 0) is 25.0 Å². The number of hydrogen-bond acceptors (Lipinski definition) is 2. The summed E-state index contributed by atoms with van der Waals surface area (Å²) >= 11 is 1.35. The van der Waals surface area contributed by atoms with Crippen LogP contribution in [-0.2, 0) is 0 Å². The van der Waals surface area contributed by atoms with E-state index in [1.165, 1.54) is 17.8 Å². The first-order valence-electron chi connectivity index (χ1n) is 4.11. The van der Waals surface area contributed by atoms with Gasteiger partial charge in [-0.15, -0.1) is 11.8 Å². The fraction of sp³-hybridized carbons (Fsp3) is 0.300. The van der Waals surface area contributed by atoms with Crippen molar-refractivity contribution in [3.05, 3.63) is 30.1 Å². The SMILES string of the molecule is N#CC1(Sc2ccccc2F)CC1. The minimum Gasteiger partial charge on any atom is -0.206 e. The molecule has 0 aromatic heterocycles. The van der Waals surface area contributed by atoms with Crippen molar-refractivity contribution in [3.8, 4) is 6.07 Å². The van der Waals surface area contributed by atoms with Crippen LogP contribution >= 0.6 is 11.8 Å². The van der Waals surface area contributed by atoms with Crippen LogP contribution in [0.2, 0.25) is 0 Å². The van der Waals surface area contributed by atoms with Crippen molar-refractivity contribution in [2.75, 3.05) is 0 Å². The van der Waals surface area contributed by atoms with Crippen molar-refractivity contribution >= 4 is 11.8 Å². The maximum atomic E-state index is 13.2. The Labute approximate surface area is 80.6 Å². The van der Waals surface area contributed by atoms with E-state index in [1.807, 2.05) is 0 Å². The summed E-state index contributed by atoms with van der Waals surface area (Å²) in [6.45, 7) is 0. The molecule has 0 N–H and O–H groups in total. The number of hydrogen-bond donors (Lipinski definition) is 0. The fourth-order valence-electron chi connectivity index (χ4n) is 1.09. The molecular weight excluding hydrogens is 185 g/mol. The van der Waals surface area contributed by atoms with Gasteiger partial charge < -0.3 is 0 Å². The lowest BCUT2D eigenvalue weighted by Crippen LogP contribution is -1.97. The number of thioether (sulfide) groups is 1. The van der Waals surface area contributed by atoms with Gasteiger partial charge in [0.25, 0.3) is 0 Å². The number of halogens is 1. The molecule has 13 heavy (non-hydrogen) atoms. The minimum absolute atomic E-state index is 0.228. The van der Waals surface area contributed by atoms with E-state index in [-0.39, 0.29) is 10.6 Å². The third-order valence-corrected chi connectivity index (χ3v) is 3.49. The Kier molecular flexibility index (Phi) is 2.01. The summed E-state index contributed by atoms with van der Waals surface area (Å²) in [5.41, 5.74) is 0. The molecule has 1 fully saturated rings. The zero-order valence-electron chi connectivity index (χ0n) is 6.96. The average Bonchev–Trinajstić information content (AvgIpc) is 2.90. The van der Waals surface area contributed by atoms with E-state index in [9.17, 15) is 4.39 Å². The van der Waals surface area contributed by atoms with Crippen molar-refractivity contribution in [1.82, 2.24) is 0 Å². The highest BCUT2D eigenvalue weighted by Gasteiger charge is 2.44. The maximum absolute atomic E-state index is 13.2. The summed E-state index contributed by atoms with van der Waals surface area (Å²) in [5, 5.41) is 8.82. The Balaban J connectivity index is 2.20. The van der Waals surface area contributed by atoms with E-state index < -0.39 is 0 Å². The predicted molar refractivity (Wildman–Crippen MR) is 49.8 cm³/mol. The second-order valence-electron chi connectivity index (χ2n) is 3.14. The highest BCUT2D eigenvalue weighted by atomic mass is 32.2. The molecule has 0 aliphatic heterocycles. The zero-order valence-corrected chi connectivity index (χ0v) is 7.77. The smallest absolute Gasteiger partial charge is 0.136 e. The quantitative estimate of drug-likeness (QED) is 0.721. The highest BCUT2D eigenvalue weighted by Crippen LogP contribution is 2.51. The Bertz CT molecular complexity index is 365. The van der Waals surface area contributed by atoms with Crippen molar-refractivity contribution in [3.63, 3.8) is 0 Å². The van der Waals surface area contributed by atoms with Crippen molar-refractivity contribution in [1.29, 1.82) is 5.26 Å². The highest BCUT2D eigenvalue weighted by molar-refractivity contribution is 8.01. The summed E-state index contributed by atoms with van der Waals surface area (Å²) in [5.74, 6) is -0.228. The maximum Gasteiger partial charge on any atom is 0.136 e. The molecule has 0 heterocycles. The second kappa shape index (κ2) is 3.04. The summed E-state index contributed by atoms with van der Waals surface area (Å²) in [4.78, 5) is 0.585. The number of nitriles is 1. The number of rotatable bonds is 2. The summed E-state index contributed by atoms with van der Waals surface area (Å²) in [7, 11) is 0. The Morgan fingerprint density at radius 3 is 2.62 bits per heavy atom. The Morgan fingerprint density at radius 2 is 2.08 bits per heavy atom. The van der Waals surface area contributed by atoms with Crippen molar-refractivity contribution in [2.24, 2.45) is 0 Å². The minimum atomic E-state index is -0.331. The molecule has 1 aromatic carbocycles. The molecule has 0 unspecified atom stereocenters. The molecule has 2 rings (SSSR count). The normalized spacial score (nSPS) is 17.8. The van der Waals surface area contributed by atoms with Crippen LogP contribution in [0.25, 0.3) is 0 Å². The predicted octanol–water partition coefficient (Wildman–Crippen LogP) is 2.97. The molecule has 1 aromatic rings. The molecular formula is C10H8FNS. The summed E-state index contributed by atoms with van der Waals surface area (Å²) < 4.78 is 12.8. The monoisotopic (exact) mass is 193 g/mol. The van der Waals surface area contributed by atoms with Gasteiger partial charge in [0.2, 0.25) is 0 Å². The van der Waals surface area contributed by atoms with Gasteiger partial charge in [0.15, 0.2) is 0 Å². The summed E-state index contributed by atoms with van der Waals surface area (Å²) in [6.07, 6.45) is 1.75. The van der Waals surface area contributed by atoms with Crippen LogP contribution in [0.15, 0.2) is 29.2 Å². The van der Waals surface area contributed by atoms with E-state index in [0.717, 1.165) is 12.8 Å². The molecule has 1 saturated carbocycles. The third-order valence-electron chi connectivity index (χ3n) is 2.05. The van der Waals surface area contributed by atoms with Gasteiger partial charge in [0.1, 0.15) is 10.6 Å². The molecule has 0 amide bonds. The van der Waals surface area contributed by atoms with Gasteiger partial charge in [0, 0.05) is 4.90 Å². The molecule has 66 valence electrons. The zero-order chi connectivity index (χ0) is 9.31. The molecule has 1 nitrogen and oxygen atoms in total. The molecule has 3 heteroatoms. The standard InChI is InChI=1S/C10H8FNS/c11-8-3-1-2-4-9(8)13-10(7-12)5-6-10/h1-4H,5-6H2. The first kappa shape index (κ1) is 8.58. The number of nitrogens with zero attached hydrogens (tertiary/aromatic N) is 1. The first-order valence-corrected chi connectivity index (χ1v) is 4.92. The first-order chi connectivity index (χ1) is 6.26. The number of benzene rings is 1. The lowest BCUT2D eigenvalue weighted by Gasteiger charge is -2.05. The van der Waals surface area contributed by atoms with Crippen molar-refractivity contribution in [2.45, 2.75) is 22.5 Å². The van der Waals surface area contributed by atoms with Gasteiger partial charge in [0.05, 0.1) is 6.07 Å². The Morgan fingerprint density at radius 1 is 1.38 bits per heavy atom. The van der Waals surface area contributed by atoms with Gasteiger partial charge in [-0.3, -0.25) is 0 Å². The fourth-order valence-corrected chi connectivity index (χ4v) is 2.17. The van der Waals surface area contributed by atoms with Gasteiger partial charge in [-0.1, -0.05) is 12.1 Å². The van der Waals surface area contributed by atoms with Crippen LogP contribution in [0, 0.1) is 17.1 Å². The molecule has 0 radical (unpaired) electrons. The van der Waals surface area contributed by atoms with Gasteiger partial charge in [-0.2, -0.15) is 5.26 Å². The van der Waals surface area contributed by atoms with Crippen LogP contribution < -0.4 is 0 Å². The molecule has 0 bridgehead atoms. The van der Waals surface area contributed by atoms with E-state index in [0.29, 0.717) is 4.90 Å². The molecule has 0 atom stereocenters. The lowest BCUT2D eigenvalue weighted by molar-refractivity contribution is 0.601. The van der Waals surface area contributed by atoms with Crippen LogP contribution in [0.4, 0.5) is 4.39 Å². The van der Waals surface area contributed by atoms with Crippen molar-refractivity contribution < 1.29 is 4.39 Å². The van der Waals surface area contributed by atoms with Crippen LogP contribution in [0.1, 0.15) is 12.8 Å². The van der Waals surface area contributed by atoms with Crippen LogP contribution in [0.5, 0.6) is 0 Å². The second-order valence-corrected chi connectivity index (χ2v) is 4.56. The third kappa shape index (κ3) is 1.68. The Hall–Kier alpha value is -1.01. The molecule has 1 aliphatic rings. The van der Waals surface area contributed by atoms with Gasteiger partial charge >= 0.3 is 0 Å². The van der Waals surface area contributed by atoms with E-state index >= 15 is 0 Å². The molecule has 0 spiro atoms. The van der Waals surface area contributed by atoms with Crippen LogP contribution in [0.3, 0.4) is 0 Å². The van der Waals surface area contributed by atoms with Crippen LogP contribution in [-0.4, -0.2) is 4.75 Å². The van der Waals surface area contributed by atoms with Gasteiger partial charge in [-0.25, -0.2) is 4.39 Å². The molecule has 0 saturated heterocycles. The topological polar surface area (TPSA) is 23.8 Å². The average molecular weight is 193 g/mol. The largest absolute Gasteiger partial charge is 0.206 e. The van der Waals surface area contributed by atoms with E-state index in [4.69, 9.17) is 5.26 Å². The van der Waals surface area contributed by atoms with E-state index in [2.05, 4.69) is 6.07 Å². The summed E-state index contributed by atoms with van der Waals surface area (Å²) in [6, 6.07) is 8.82. The lowest BCUT2D eigenvalue weighted by atomic mass is 10.3. The van der Waals surface area contributed by atoms with E-state index in [1.54, 1.807) is 18.2 Å².